The van der Waals surface area contributed by atoms with E-state index in [0.717, 1.165) is 0 Å². The van der Waals surface area contributed by atoms with Gasteiger partial charge in [0.25, 0.3) is 0 Å². The molecular weight excluding hydrogens is 328 g/mol. The van der Waals surface area contributed by atoms with Gasteiger partial charge in [0.2, 0.25) is 6.29 Å². The van der Waals surface area contributed by atoms with E-state index in [1.54, 1.807) is 0 Å². The van der Waals surface area contributed by atoms with E-state index in [2.05, 4.69) is 0 Å². The molecule has 1 amide bonds. The molecule has 0 aromatic heterocycles. The Bertz CT molecular complexity index is 395. The largest absolute Gasteiger partial charge is 0.425 e. The average Bonchev–Trinajstić information content (AvgIpc) is 2.42. The van der Waals surface area contributed by atoms with Crippen LogP contribution in [-0.2, 0) is 18.8 Å². The van der Waals surface area contributed by atoms with Gasteiger partial charge in [0, 0.05) is 19.5 Å². The van der Waals surface area contributed by atoms with Crippen LogP contribution in [0.4, 0.5) is 9.18 Å². The quantitative estimate of drug-likeness (QED) is 0.256. The van der Waals surface area contributed by atoms with Gasteiger partial charge in [-0.2, -0.15) is 0 Å². The summed E-state index contributed by atoms with van der Waals surface area (Å²) in [6, 6.07) is 0. The Morgan fingerprint density at radius 1 is 1.22 bits per heavy atom. The zero-order valence-electron chi connectivity index (χ0n) is 13.8. The third kappa shape index (κ3) is 13.0. The SMILES string of the molecule is CCCC(=O)OC(C)OC(=O)NC(F)CCC(C)CC[PH](=O)O. The Labute approximate surface area is 136 Å². The van der Waals surface area contributed by atoms with E-state index in [4.69, 9.17) is 14.4 Å². The zero-order chi connectivity index (χ0) is 17.8. The number of hydrogen-bond donors (Lipinski definition) is 2. The summed E-state index contributed by atoms with van der Waals surface area (Å²) >= 11 is 0. The number of ether oxygens (including phenoxy) is 2. The molecule has 9 heteroatoms. The van der Waals surface area contributed by atoms with Crippen molar-refractivity contribution in [3.8, 4) is 0 Å². The summed E-state index contributed by atoms with van der Waals surface area (Å²) in [5.74, 6) is -0.400. The third-order valence-electron chi connectivity index (χ3n) is 3.06. The number of nitrogens with one attached hydrogen (secondary N) is 1. The first kappa shape index (κ1) is 21.9. The van der Waals surface area contributed by atoms with Crippen LogP contribution in [0.5, 0.6) is 0 Å². The molecule has 0 fully saturated rings. The molecular formula is C14H27FNO6P. The third-order valence-corrected chi connectivity index (χ3v) is 3.78. The molecule has 0 aromatic rings. The standard InChI is InChI=1S/C14H27FNO6P/c1-4-5-13(17)21-11(3)22-14(18)16-12(15)7-6-10(2)8-9-23(19)20/h10-12,23H,4-9H2,1-3H3,(H,16,18)(H,19,20). The van der Waals surface area contributed by atoms with Gasteiger partial charge < -0.3 is 14.4 Å². The highest BCUT2D eigenvalue weighted by molar-refractivity contribution is 7.37. The zero-order valence-corrected chi connectivity index (χ0v) is 14.8. The monoisotopic (exact) mass is 355 g/mol. The van der Waals surface area contributed by atoms with E-state index in [-0.39, 0.29) is 24.9 Å². The molecule has 0 heterocycles. The minimum Gasteiger partial charge on any atom is -0.425 e. The van der Waals surface area contributed by atoms with Gasteiger partial charge in [0.05, 0.1) is 0 Å². The van der Waals surface area contributed by atoms with Crippen LogP contribution in [-0.4, -0.2) is 35.7 Å². The van der Waals surface area contributed by atoms with Crippen LogP contribution < -0.4 is 5.32 Å². The molecule has 4 atom stereocenters. The minimum atomic E-state index is -2.49. The molecule has 136 valence electrons. The first-order chi connectivity index (χ1) is 10.7. The second kappa shape index (κ2) is 12.3. The van der Waals surface area contributed by atoms with Gasteiger partial charge >= 0.3 is 12.1 Å². The van der Waals surface area contributed by atoms with E-state index < -0.39 is 32.7 Å². The van der Waals surface area contributed by atoms with E-state index in [1.807, 2.05) is 19.2 Å². The number of rotatable bonds is 11. The van der Waals surface area contributed by atoms with Crippen molar-refractivity contribution in [1.29, 1.82) is 0 Å². The Hall–Kier alpha value is -1.14. The van der Waals surface area contributed by atoms with Gasteiger partial charge in [0.15, 0.2) is 14.3 Å². The first-order valence-corrected chi connectivity index (χ1v) is 9.33. The molecule has 0 aliphatic rings. The van der Waals surface area contributed by atoms with Crippen molar-refractivity contribution in [2.45, 2.75) is 65.5 Å². The van der Waals surface area contributed by atoms with Gasteiger partial charge in [-0.1, -0.05) is 13.8 Å². The maximum Gasteiger partial charge on any atom is 0.412 e. The number of hydrogen-bond acceptors (Lipinski definition) is 5. The molecule has 0 aromatic carbocycles. The Balaban J connectivity index is 3.92. The number of carbonyl (C=O) groups excluding carboxylic acids is 2. The van der Waals surface area contributed by atoms with Crippen LogP contribution >= 0.6 is 8.03 Å². The Morgan fingerprint density at radius 3 is 2.43 bits per heavy atom. The summed E-state index contributed by atoms with van der Waals surface area (Å²) in [6.07, 6.45) is -1.52. The van der Waals surface area contributed by atoms with Crippen LogP contribution in [0.2, 0.25) is 0 Å². The van der Waals surface area contributed by atoms with Crippen molar-refractivity contribution < 1.29 is 32.9 Å². The van der Waals surface area contributed by atoms with Crippen LogP contribution in [0.3, 0.4) is 0 Å². The van der Waals surface area contributed by atoms with E-state index in [0.29, 0.717) is 19.3 Å². The number of alkyl carbamates (subject to hydrolysis) is 1. The smallest absolute Gasteiger partial charge is 0.412 e. The van der Waals surface area contributed by atoms with Crippen molar-refractivity contribution in [3.63, 3.8) is 0 Å². The lowest BCUT2D eigenvalue weighted by atomic mass is 10.0. The highest BCUT2D eigenvalue weighted by Crippen LogP contribution is 2.21. The Morgan fingerprint density at radius 2 is 1.87 bits per heavy atom. The predicted octanol–water partition coefficient (Wildman–Crippen LogP) is 2.97. The molecule has 0 saturated heterocycles. The molecule has 0 spiro atoms. The van der Waals surface area contributed by atoms with Crippen molar-refractivity contribution in [3.05, 3.63) is 0 Å². The molecule has 0 bridgehead atoms. The van der Waals surface area contributed by atoms with Gasteiger partial charge in [-0.3, -0.25) is 14.7 Å². The van der Waals surface area contributed by atoms with Crippen molar-refractivity contribution in [2.24, 2.45) is 5.92 Å². The Kier molecular flexibility index (Phi) is 11.7. The summed E-state index contributed by atoms with van der Waals surface area (Å²) in [5.41, 5.74) is 0. The van der Waals surface area contributed by atoms with E-state index in [9.17, 15) is 18.5 Å². The van der Waals surface area contributed by atoms with Crippen LogP contribution in [0.15, 0.2) is 0 Å². The van der Waals surface area contributed by atoms with Crippen molar-refractivity contribution >= 4 is 20.1 Å². The molecule has 0 radical (unpaired) electrons. The number of alkyl halides is 1. The summed E-state index contributed by atoms with van der Waals surface area (Å²) in [4.78, 5) is 31.4. The van der Waals surface area contributed by atoms with E-state index >= 15 is 0 Å². The van der Waals surface area contributed by atoms with Crippen LogP contribution in [0, 0.1) is 5.92 Å². The van der Waals surface area contributed by atoms with Gasteiger partial charge in [-0.15, -0.1) is 0 Å². The summed E-state index contributed by atoms with van der Waals surface area (Å²) in [7, 11) is -2.49. The van der Waals surface area contributed by atoms with Crippen LogP contribution in [0.1, 0.15) is 52.9 Å². The fraction of sp³-hybridized carbons (Fsp3) is 0.857. The molecule has 7 nitrogen and oxygen atoms in total. The van der Waals surface area contributed by atoms with Crippen molar-refractivity contribution in [1.82, 2.24) is 5.32 Å². The first-order valence-electron chi connectivity index (χ1n) is 7.77. The lowest BCUT2D eigenvalue weighted by molar-refractivity contribution is -0.165. The van der Waals surface area contributed by atoms with Gasteiger partial charge in [0.1, 0.15) is 0 Å². The van der Waals surface area contributed by atoms with Crippen LogP contribution in [0.25, 0.3) is 0 Å². The molecule has 4 unspecified atom stereocenters. The fourth-order valence-corrected chi connectivity index (χ4v) is 2.54. The molecule has 0 aliphatic heterocycles. The second-order valence-corrected chi connectivity index (χ2v) is 6.73. The number of carbonyl (C=O) groups is 2. The summed E-state index contributed by atoms with van der Waals surface area (Å²) in [5, 5.41) is 2.01. The average molecular weight is 355 g/mol. The molecule has 0 saturated carbocycles. The number of amides is 1. The lowest BCUT2D eigenvalue weighted by Gasteiger charge is -2.17. The maximum atomic E-state index is 13.6. The minimum absolute atomic E-state index is 0.0760. The van der Waals surface area contributed by atoms with E-state index in [1.165, 1.54) is 6.92 Å². The number of halogens is 1. The summed E-state index contributed by atoms with van der Waals surface area (Å²) in [6.45, 7) is 5.04. The van der Waals surface area contributed by atoms with Crippen molar-refractivity contribution in [2.75, 3.05) is 6.16 Å². The highest BCUT2D eigenvalue weighted by atomic mass is 31.1. The van der Waals surface area contributed by atoms with Gasteiger partial charge in [-0.25, -0.2) is 9.18 Å². The molecule has 0 rings (SSSR count). The highest BCUT2D eigenvalue weighted by Gasteiger charge is 2.17. The second-order valence-electron chi connectivity index (χ2n) is 5.44. The lowest BCUT2D eigenvalue weighted by Crippen LogP contribution is -2.35. The topological polar surface area (TPSA) is 102 Å². The van der Waals surface area contributed by atoms with Gasteiger partial charge in [-0.05, 0) is 31.6 Å². The predicted molar refractivity (Wildman–Crippen MR) is 84.1 cm³/mol. The maximum absolute atomic E-state index is 13.6. The number of esters is 1. The normalized spacial score (nSPS) is 16.0. The molecule has 2 N–H and O–H groups in total. The fourth-order valence-electron chi connectivity index (χ4n) is 1.80. The molecule has 23 heavy (non-hydrogen) atoms. The summed E-state index contributed by atoms with van der Waals surface area (Å²) < 4.78 is 33.8. The molecule has 0 aliphatic carbocycles.